The second-order valence-corrected chi connectivity index (χ2v) is 10.4. The van der Waals surface area contributed by atoms with Crippen LogP contribution >= 0.6 is 0 Å². The molecular weight excluding hydrogens is 449 g/mol. The number of hydrogen-bond acceptors (Lipinski definition) is 5. The standard InChI is InChI=1S/C27H36FN3O4/c1-4-34-26(33)30-11-7-21(8-12-30)29-13-9-27(10-14-29)17-31(24-6-5-20(28)16-23(24)27)25(32)22-15-18(2)35-19(22)3/h5-6,15-16,19,21-22H,4,7-14,17H2,1-3H3. The van der Waals surface area contributed by atoms with Crippen molar-refractivity contribution in [2.75, 3.05) is 44.2 Å². The molecule has 2 amide bonds. The summed E-state index contributed by atoms with van der Waals surface area (Å²) in [4.78, 5) is 31.8. The first kappa shape index (κ1) is 24.1. The van der Waals surface area contributed by atoms with Gasteiger partial charge in [0.1, 0.15) is 11.9 Å². The van der Waals surface area contributed by atoms with Crippen LogP contribution in [0.4, 0.5) is 14.9 Å². The largest absolute Gasteiger partial charge is 0.495 e. The van der Waals surface area contributed by atoms with Crippen LogP contribution in [0.1, 0.15) is 52.0 Å². The molecule has 0 N–H and O–H groups in total. The number of nitrogens with zero attached hydrogens (tertiary/aromatic N) is 3. The first-order valence-electron chi connectivity index (χ1n) is 12.9. The Labute approximate surface area is 206 Å². The van der Waals surface area contributed by atoms with Crippen LogP contribution < -0.4 is 4.90 Å². The van der Waals surface area contributed by atoms with Crippen LogP contribution in [-0.4, -0.2) is 73.3 Å². The number of rotatable bonds is 3. The number of hydrogen-bond donors (Lipinski definition) is 0. The monoisotopic (exact) mass is 485 g/mol. The minimum atomic E-state index is -0.312. The fraction of sp³-hybridized carbons (Fsp3) is 0.630. The Balaban J connectivity index is 1.28. The number of likely N-dealkylation sites (tertiary alicyclic amines) is 2. The van der Waals surface area contributed by atoms with Crippen molar-refractivity contribution in [1.29, 1.82) is 0 Å². The second kappa shape index (κ2) is 9.45. The molecule has 35 heavy (non-hydrogen) atoms. The van der Waals surface area contributed by atoms with Crippen LogP contribution in [0, 0.1) is 11.7 Å². The summed E-state index contributed by atoms with van der Waals surface area (Å²) in [6.07, 6.45) is 5.15. The predicted molar refractivity (Wildman–Crippen MR) is 131 cm³/mol. The molecular formula is C27H36FN3O4. The maximum absolute atomic E-state index is 14.4. The average Bonchev–Trinajstić information content (AvgIpc) is 3.35. The van der Waals surface area contributed by atoms with Gasteiger partial charge in [-0.05, 0) is 89.4 Å². The molecule has 2 fully saturated rings. The Morgan fingerprint density at radius 3 is 2.51 bits per heavy atom. The SMILES string of the molecule is CCOC(=O)N1CCC(N2CCC3(CC2)CN(C(=O)C2C=C(C)OC2C)c2ccc(F)cc23)CC1. The lowest BCUT2D eigenvalue weighted by Gasteiger charge is -2.45. The van der Waals surface area contributed by atoms with Gasteiger partial charge in [-0.25, -0.2) is 9.18 Å². The Bertz CT molecular complexity index is 1010. The van der Waals surface area contributed by atoms with Gasteiger partial charge >= 0.3 is 6.09 Å². The van der Waals surface area contributed by atoms with Gasteiger partial charge in [0.15, 0.2) is 0 Å². The van der Waals surface area contributed by atoms with Crippen molar-refractivity contribution in [1.82, 2.24) is 9.80 Å². The minimum absolute atomic E-state index is 0.0350. The van der Waals surface area contributed by atoms with E-state index in [1.54, 1.807) is 17.0 Å². The van der Waals surface area contributed by atoms with Gasteiger partial charge in [-0.1, -0.05) is 0 Å². The van der Waals surface area contributed by atoms with E-state index < -0.39 is 0 Å². The van der Waals surface area contributed by atoms with Crippen molar-refractivity contribution in [3.8, 4) is 0 Å². The third kappa shape index (κ3) is 4.41. The van der Waals surface area contributed by atoms with Crippen LogP contribution in [0.25, 0.3) is 0 Å². The fourth-order valence-corrected chi connectivity index (χ4v) is 6.46. The van der Waals surface area contributed by atoms with E-state index in [0.717, 1.165) is 68.9 Å². The molecule has 4 aliphatic rings. The molecule has 2 unspecified atom stereocenters. The van der Waals surface area contributed by atoms with Crippen molar-refractivity contribution in [2.45, 2.75) is 64.0 Å². The quantitative estimate of drug-likeness (QED) is 0.646. The lowest BCUT2D eigenvalue weighted by molar-refractivity contribution is -0.123. The van der Waals surface area contributed by atoms with Crippen molar-refractivity contribution < 1.29 is 23.5 Å². The molecule has 4 heterocycles. The highest BCUT2D eigenvalue weighted by Crippen LogP contribution is 2.48. The van der Waals surface area contributed by atoms with Gasteiger partial charge in [-0.3, -0.25) is 4.79 Å². The summed E-state index contributed by atoms with van der Waals surface area (Å²) < 4.78 is 25.3. The van der Waals surface area contributed by atoms with Gasteiger partial charge in [0.2, 0.25) is 5.91 Å². The van der Waals surface area contributed by atoms with Crippen molar-refractivity contribution in [2.24, 2.45) is 5.92 Å². The van der Waals surface area contributed by atoms with E-state index in [1.165, 1.54) is 6.07 Å². The topological polar surface area (TPSA) is 62.3 Å². The zero-order chi connectivity index (χ0) is 24.7. The summed E-state index contributed by atoms with van der Waals surface area (Å²) >= 11 is 0. The number of benzene rings is 1. The van der Waals surface area contributed by atoms with E-state index in [1.807, 2.05) is 31.7 Å². The van der Waals surface area contributed by atoms with E-state index in [9.17, 15) is 14.0 Å². The second-order valence-electron chi connectivity index (χ2n) is 10.4. The molecule has 0 saturated carbocycles. The molecule has 5 rings (SSSR count). The van der Waals surface area contributed by atoms with Gasteiger partial charge < -0.3 is 24.2 Å². The number of allylic oxidation sites excluding steroid dienone is 1. The van der Waals surface area contributed by atoms with Crippen LogP contribution in [0.5, 0.6) is 0 Å². The third-order valence-corrected chi connectivity index (χ3v) is 8.39. The number of anilines is 1. The van der Waals surface area contributed by atoms with Crippen LogP contribution in [0.2, 0.25) is 0 Å². The molecule has 1 aromatic rings. The molecule has 0 aliphatic carbocycles. The van der Waals surface area contributed by atoms with Crippen molar-refractivity contribution in [3.05, 3.63) is 41.4 Å². The third-order valence-electron chi connectivity index (χ3n) is 8.39. The maximum atomic E-state index is 14.4. The Hall–Kier alpha value is -2.61. The number of halogens is 1. The van der Waals surface area contributed by atoms with Gasteiger partial charge in [-0.2, -0.15) is 0 Å². The van der Waals surface area contributed by atoms with Gasteiger partial charge in [-0.15, -0.1) is 0 Å². The van der Waals surface area contributed by atoms with Crippen LogP contribution in [0.3, 0.4) is 0 Å². The molecule has 0 aromatic heterocycles. The van der Waals surface area contributed by atoms with Gasteiger partial charge in [0.05, 0.1) is 18.3 Å². The lowest BCUT2D eigenvalue weighted by Crippen LogP contribution is -2.52. The summed E-state index contributed by atoms with van der Waals surface area (Å²) in [5.41, 5.74) is 1.59. The first-order valence-corrected chi connectivity index (χ1v) is 12.9. The van der Waals surface area contributed by atoms with Crippen LogP contribution in [0.15, 0.2) is 30.0 Å². The maximum Gasteiger partial charge on any atom is 0.409 e. The van der Waals surface area contributed by atoms with Crippen molar-refractivity contribution >= 4 is 17.7 Å². The molecule has 0 radical (unpaired) electrons. The Morgan fingerprint density at radius 2 is 1.89 bits per heavy atom. The number of piperidine rings is 2. The molecule has 8 heteroatoms. The molecule has 4 aliphatic heterocycles. The summed E-state index contributed by atoms with van der Waals surface area (Å²) in [6, 6.07) is 5.31. The highest BCUT2D eigenvalue weighted by atomic mass is 19.1. The lowest BCUT2D eigenvalue weighted by atomic mass is 9.74. The van der Waals surface area contributed by atoms with Gasteiger partial charge in [0, 0.05) is 36.8 Å². The zero-order valence-corrected chi connectivity index (χ0v) is 21.0. The van der Waals surface area contributed by atoms with Gasteiger partial charge in [0.25, 0.3) is 0 Å². The Morgan fingerprint density at radius 1 is 1.17 bits per heavy atom. The summed E-state index contributed by atoms with van der Waals surface area (Å²) in [7, 11) is 0. The highest BCUT2D eigenvalue weighted by Gasteiger charge is 2.49. The van der Waals surface area contributed by atoms with Crippen molar-refractivity contribution in [3.63, 3.8) is 0 Å². The van der Waals surface area contributed by atoms with E-state index in [-0.39, 0.29) is 35.3 Å². The number of fused-ring (bicyclic) bond motifs is 2. The van der Waals surface area contributed by atoms with E-state index in [2.05, 4.69) is 4.90 Å². The van der Waals surface area contributed by atoms with Crippen LogP contribution in [-0.2, 0) is 19.7 Å². The predicted octanol–water partition coefficient (Wildman–Crippen LogP) is 4.07. The smallest absolute Gasteiger partial charge is 0.409 e. The molecule has 2 saturated heterocycles. The van der Waals surface area contributed by atoms with E-state index in [0.29, 0.717) is 19.2 Å². The summed E-state index contributed by atoms with van der Waals surface area (Å²) in [5, 5.41) is 0. The number of amides is 2. The zero-order valence-electron chi connectivity index (χ0n) is 21.0. The number of carbonyl (C=O) groups is 2. The Kier molecular flexibility index (Phi) is 6.51. The summed E-state index contributed by atoms with van der Waals surface area (Å²) in [6.45, 7) is 9.88. The minimum Gasteiger partial charge on any atom is -0.495 e. The number of carbonyl (C=O) groups excluding carboxylic acids is 2. The average molecular weight is 486 g/mol. The fourth-order valence-electron chi connectivity index (χ4n) is 6.46. The normalized spacial score (nSPS) is 26.5. The van der Waals surface area contributed by atoms with E-state index >= 15 is 0 Å². The summed E-state index contributed by atoms with van der Waals surface area (Å²) in [5.74, 6) is 0.256. The first-order chi connectivity index (χ1) is 16.8. The molecule has 0 bridgehead atoms. The molecule has 190 valence electrons. The van der Waals surface area contributed by atoms with E-state index in [4.69, 9.17) is 9.47 Å². The molecule has 2 atom stereocenters. The molecule has 1 aromatic carbocycles. The molecule has 7 nitrogen and oxygen atoms in total. The molecule has 1 spiro atoms. The number of ether oxygens (including phenoxy) is 2. The highest BCUT2D eigenvalue weighted by molar-refractivity contribution is 5.99.